The number of hydrogen-bond acceptors (Lipinski definition) is 8. The van der Waals surface area contributed by atoms with E-state index in [2.05, 4.69) is 27.3 Å². The average Bonchev–Trinajstić information content (AvgIpc) is 3.28. The van der Waals surface area contributed by atoms with Crippen molar-refractivity contribution in [3.63, 3.8) is 0 Å². The normalized spacial score (nSPS) is 24.4. The Morgan fingerprint density at radius 2 is 2.12 bits per heavy atom. The Balaban J connectivity index is 1.29. The second kappa shape index (κ2) is 8.48. The van der Waals surface area contributed by atoms with Crippen LogP contribution < -0.4 is 21.7 Å². The standard InChI is InChI=1S/C25H32N6O2S/c1-13-9-14(2)28-24-20(13)21(26)22(34-24)23(32)29-16-6-7-17-15(10-16)5-8-19(30-17)31-11-18(33-4)25(3,27)12-31/h5,8-9,16,18H,6-7,10-12,26-27H2,1-4H3,(H,29,32). The maximum atomic E-state index is 13.1. The number of nitrogens with zero attached hydrogens (tertiary/aromatic N) is 3. The van der Waals surface area contributed by atoms with Crippen molar-refractivity contribution in [2.24, 2.45) is 5.73 Å². The fourth-order valence-corrected chi connectivity index (χ4v) is 6.41. The third-order valence-corrected chi connectivity index (χ3v) is 8.18. The van der Waals surface area contributed by atoms with Crippen molar-refractivity contribution in [1.29, 1.82) is 0 Å². The van der Waals surface area contributed by atoms with E-state index in [1.54, 1.807) is 7.11 Å². The lowest BCUT2D eigenvalue weighted by atomic mass is 9.91. The number of hydrogen-bond donors (Lipinski definition) is 3. The number of aryl methyl sites for hydroxylation is 3. The topological polar surface area (TPSA) is 119 Å². The summed E-state index contributed by atoms with van der Waals surface area (Å²) in [5.74, 6) is 0.814. The Kier molecular flexibility index (Phi) is 5.74. The van der Waals surface area contributed by atoms with E-state index in [9.17, 15) is 4.79 Å². The summed E-state index contributed by atoms with van der Waals surface area (Å²) in [6.45, 7) is 7.43. The first-order valence-electron chi connectivity index (χ1n) is 11.7. The van der Waals surface area contributed by atoms with Gasteiger partial charge in [-0.05, 0) is 63.3 Å². The van der Waals surface area contributed by atoms with Crippen LogP contribution in [-0.4, -0.2) is 53.8 Å². The molecule has 1 saturated heterocycles. The maximum absolute atomic E-state index is 13.1. The molecule has 0 saturated carbocycles. The van der Waals surface area contributed by atoms with Crippen molar-refractivity contribution >= 4 is 39.0 Å². The lowest BCUT2D eigenvalue weighted by Gasteiger charge is -2.27. The van der Waals surface area contributed by atoms with Gasteiger partial charge < -0.3 is 26.4 Å². The largest absolute Gasteiger partial charge is 0.397 e. The lowest BCUT2D eigenvalue weighted by molar-refractivity contribution is 0.0751. The number of nitrogens with two attached hydrogens (primary N) is 2. The molecule has 0 aromatic carbocycles. The average molecular weight is 481 g/mol. The number of aromatic nitrogens is 2. The van der Waals surface area contributed by atoms with Crippen LogP contribution in [0.2, 0.25) is 0 Å². The molecule has 2 aliphatic rings. The highest BCUT2D eigenvalue weighted by Gasteiger charge is 2.41. The van der Waals surface area contributed by atoms with Gasteiger partial charge in [0.25, 0.3) is 5.91 Å². The number of fused-ring (bicyclic) bond motifs is 2. The molecule has 3 atom stereocenters. The van der Waals surface area contributed by atoms with E-state index in [1.807, 2.05) is 26.8 Å². The Morgan fingerprint density at radius 3 is 2.85 bits per heavy atom. The summed E-state index contributed by atoms with van der Waals surface area (Å²) >= 11 is 1.37. The van der Waals surface area contributed by atoms with Crippen LogP contribution in [-0.2, 0) is 17.6 Å². The summed E-state index contributed by atoms with van der Waals surface area (Å²) < 4.78 is 5.57. The van der Waals surface area contributed by atoms with Gasteiger partial charge in [-0.3, -0.25) is 4.79 Å². The first kappa shape index (κ1) is 23.0. The molecule has 5 rings (SSSR count). The second-order valence-corrected chi connectivity index (χ2v) is 10.9. The molecule has 8 nitrogen and oxygen atoms in total. The highest BCUT2D eigenvalue weighted by molar-refractivity contribution is 7.21. The van der Waals surface area contributed by atoms with Crippen molar-refractivity contribution in [2.45, 2.75) is 57.7 Å². The predicted octanol–water partition coefficient (Wildman–Crippen LogP) is 2.73. The fourth-order valence-electron chi connectivity index (χ4n) is 5.29. The molecule has 4 heterocycles. The van der Waals surface area contributed by atoms with Gasteiger partial charge in [-0.1, -0.05) is 6.07 Å². The minimum atomic E-state index is -0.400. The molecular formula is C25H32N6O2S. The van der Waals surface area contributed by atoms with Gasteiger partial charge >= 0.3 is 0 Å². The third-order valence-electron chi connectivity index (χ3n) is 7.08. The first-order chi connectivity index (χ1) is 16.2. The molecule has 5 N–H and O–H groups in total. The predicted molar refractivity (Wildman–Crippen MR) is 137 cm³/mol. The molecule has 0 spiro atoms. The molecule has 3 unspecified atom stereocenters. The number of methoxy groups -OCH3 is 1. The van der Waals surface area contributed by atoms with Gasteiger partial charge in [-0.25, -0.2) is 9.97 Å². The number of anilines is 2. The quantitative estimate of drug-likeness (QED) is 0.525. The maximum Gasteiger partial charge on any atom is 0.263 e. The second-order valence-electron chi connectivity index (χ2n) is 9.90. The summed E-state index contributed by atoms with van der Waals surface area (Å²) in [6, 6.07) is 6.23. The van der Waals surface area contributed by atoms with Crippen LogP contribution in [0.25, 0.3) is 10.2 Å². The molecule has 180 valence electrons. The fraction of sp³-hybridized carbons (Fsp3) is 0.480. The summed E-state index contributed by atoms with van der Waals surface area (Å²) in [7, 11) is 1.71. The molecular weight excluding hydrogens is 448 g/mol. The van der Waals surface area contributed by atoms with Crippen LogP contribution in [0.1, 0.15) is 45.5 Å². The minimum Gasteiger partial charge on any atom is -0.397 e. The van der Waals surface area contributed by atoms with Gasteiger partial charge in [0.2, 0.25) is 0 Å². The SMILES string of the molecule is COC1CN(c2ccc3c(n2)CCC(NC(=O)c2sc4nc(C)cc(C)c4c2N)C3)CC1(C)N. The Hall–Kier alpha value is -2.75. The van der Waals surface area contributed by atoms with Crippen molar-refractivity contribution in [1.82, 2.24) is 15.3 Å². The summed E-state index contributed by atoms with van der Waals surface area (Å²) in [4.78, 5) is 26.2. The van der Waals surface area contributed by atoms with E-state index in [0.717, 1.165) is 58.8 Å². The van der Waals surface area contributed by atoms with Crippen molar-refractivity contribution < 1.29 is 9.53 Å². The van der Waals surface area contributed by atoms with Crippen molar-refractivity contribution in [3.8, 4) is 0 Å². The molecule has 1 aliphatic carbocycles. The van der Waals surface area contributed by atoms with Crippen LogP contribution in [0.4, 0.5) is 11.5 Å². The number of amides is 1. The van der Waals surface area contributed by atoms with E-state index < -0.39 is 5.54 Å². The van der Waals surface area contributed by atoms with Crippen molar-refractivity contribution in [3.05, 3.63) is 45.6 Å². The molecule has 9 heteroatoms. The van der Waals surface area contributed by atoms with Gasteiger partial charge in [0.1, 0.15) is 15.5 Å². The number of thiophene rings is 1. The Bertz CT molecular complexity index is 1270. The molecule has 34 heavy (non-hydrogen) atoms. The highest BCUT2D eigenvalue weighted by atomic mass is 32.1. The van der Waals surface area contributed by atoms with E-state index in [0.29, 0.717) is 17.1 Å². The monoisotopic (exact) mass is 480 g/mol. The van der Waals surface area contributed by atoms with Gasteiger partial charge in [0, 0.05) is 43.0 Å². The zero-order valence-electron chi connectivity index (χ0n) is 20.1. The van der Waals surface area contributed by atoms with Crippen LogP contribution in [0.5, 0.6) is 0 Å². The molecule has 3 aromatic rings. The molecule has 0 bridgehead atoms. The molecule has 0 radical (unpaired) electrons. The smallest absolute Gasteiger partial charge is 0.263 e. The van der Waals surface area contributed by atoms with E-state index in [1.165, 1.54) is 16.9 Å². The summed E-state index contributed by atoms with van der Waals surface area (Å²) in [5, 5.41) is 4.08. The van der Waals surface area contributed by atoms with Crippen LogP contribution in [0.15, 0.2) is 18.2 Å². The van der Waals surface area contributed by atoms with Gasteiger partial charge in [0.15, 0.2) is 0 Å². The van der Waals surface area contributed by atoms with E-state index >= 15 is 0 Å². The summed E-state index contributed by atoms with van der Waals surface area (Å²) in [5.41, 5.74) is 17.2. The van der Waals surface area contributed by atoms with Crippen molar-refractivity contribution in [2.75, 3.05) is 30.8 Å². The zero-order valence-corrected chi connectivity index (χ0v) is 21.0. The highest BCUT2D eigenvalue weighted by Crippen LogP contribution is 2.35. The van der Waals surface area contributed by atoms with Crippen LogP contribution >= 0.6 is 11.3 Å². The number of rotatable bonds is 4. The lowest BCUT2D eigenvalue weighted by Crippen LogP contribution is -2.48. The Morgan fingerprint density at radius 1 is 1.32 bits per heavy atom. The van der Waals surface area contributed by atoms with Gasteiger partial charge in [-0.15, -0.1) is 11.3 Å². The zero-order chi connectivity index (χ0) is 24.2. The number of carbonyl (C=O) groups excluding carboxylic acids is 1. The molecule has 1 aliphatic heterocycles. The molecule has 1 fully saturated rings. The third kappa shape index (κ3) is 4.01. The number of ether oxygens (including phenoxy) is 1. The van der Waals surface area contributed by atoms with E-state index in [-0.39, 0.29) is 18.1 Å². The molecule has 1 amide bonds. The summed E-state index contributed by atoms with van der Waals surface area (Å²) in [6.07, 6.45) is 2.39. The Labute approximate surface area is 203 Å². The number of nitrogen functional groups attached to an aromatic ring is 1. The van der Waals surface area contributed by atoms with Crippen LogP contribution in [0, 0.1) is 13.8 Å². The first-order valence-corrected chi connectivity index (χ1v) is 12.5. The van der Waals surface area contributed by atoms with Crippen LogP contribution in [0.3, 0.4) is 0 Å². The van der Waals surface area contributed by atoms with Gasteiger partial charge in [0.05, 0.1) is 17.3 Å². The number of carbonyl (C=O) groups is 1. The van der Waals surface area contributed by atoms with Gasteiger partial charge in [-0.2, -0.15) is 0 Å². The van der Waals surface area contributed by atoms with E-state index in [4.69, 9.17) is 21.2 Å². The minimum absolute atomic E-state index is 0.0193. The number of nitrogens with one attached hydrogen (secondary N) is 1. The molecule has 3 aromatic heterocycles. The number of pyridine rings is 2.